The van der Waals surface area contributed by atoms with Crippen molar-refractivity contribution in [1.29, 1.82) is 0 Å². The highest BCUT2D eigenvalue weighted by Gasteiger charge is 2.12. The molecule has 4 N–H and O–H groups in total. The second kappa shape index (κ2) is 9.15. The Hall–Kier alpha value is 0.140. The zero-order chi connectivity index (χ0) is 14.1. The van der Waals surface area contributed by atoms with Crippen LogP contribution in [0.2, 0.25) is 0 Å². The molecule has 108 valence electrons. The second-order valence-electron chi connectivity index (χ2n) is 4.87. The Morgan fingerprint density at radius 1 is 1.16 bits per heavy atom. The third kappa shape index (κ3) is 8.11. The normalized spacial score (nSPS) is 13.4. The van der Waals surface area contributed by atoms with E-state index in [1.165, 1.54) is 31.2 Å². The molecule has 0 radical (unpaired) electrons. The number of hydrogen-bond acceptors (Lipinski definition) is 2. The van der Waals surface area contributed by atoms with Crippen molar-refractivity contribution in [2.75, 3.05) is 5.75 Å². The van der Waals surface area contributed by atoms with Crippen molar-refractivity contribution in [2.45, 2.75) is 44.9 Å². The molecule has 5 heteroatoms. The third-order valence-corrected chi connectivity index (χ3v) is 6.72. The van der Waals surface area contributed by atoms with Crippen molar-refractivity contribution >= 4 is 28.7 Å². The van der Waals surface area contributed by atoms with E-state index in [2.05, 4.69) is 37.3 Å². The van der Waals surface area contributed by atoms with E-state index in [9.17, 15) is 0 Å². The van der Waals surface area contributed by atoms with Crippen molar-refractivity contribution in [3.05, 3.63) is 35.9 Å². The standard InChI is InChI=1S/C14H25N2PS2/c1-2-3-5-8-14(11-12-19-17(15,16)18)13-9-6-4-7-10-13/h4,6-7,9-10,14H,2-3,5,8,11-12H2,1H3,(H4,15,16,18)/t14-/m0/s1. The maximum absolute atomic E-state index is 5.75. The quantitative estimate of drug-likeness (QED) is 0.516. The summed E-state index contributed by atoms with van der Waals surface area (Å²) in [7, 11) is 0. The van der Waals surface area contributed by atoms with E-state index in [1.54, 1.807) is 11.4 Å². The van der Waals surface area contributed by atoms with Gasteiger partial charge >= 0.3 is 0 Å². The van der Waals surface area contributed by atoms with Gasteiger partial charge in [-0.1, -0.05) is 79.7 Å². The monoisotopic (exact) mass is 316 g/mol. The summed E-state index contributed by atoms with van der Waals surface area (Å²) >= 11 is 6.67. The molecule has 0 saturated carbocycles. The largest absolute Gasteiger partial charge is 0.283 e. The minimum atomic E-state index is -2.10. The SMILES string of the molecule is CCCCC[C@@H](CCSP(N)(N)=S)c1ccccc1. The molecule has 0 saturated heterocycles. The van der Waals surface area contributed by atoms with Crippen molar-refractivity contribution in [3.63, 3.8) is 0 Å². The molecule has 0 bridgehead atoms. The highest BCUT2D eigenvalue weighted by molar-refractivity contribution is 8.69. The summed E-state index contributed by atoms with van der Waals surface area (Å²) in [5.41, 5.74) is 10.8. The van der Waals surface area contributed by atoms with Crippen LogP contribution >= 0.6 is 16.9 Å². The Morgan fingerprint density at radius 2 is 1.84 bits per heavy atom. The zero-order valence-electron chi connectivity index (χ0n) is 11.6. The number of rotatable bonds is 9. The highest BCUT2D eigenvalue weighted by Crippen LogP contribution is 2.44. The van der Waals surface area contributed by atoms with Crippen molar-refractivity contribution in [2.24, 2.45) is 11.0 Å². The Bertz CT molecular complexity index is 392. The Labute approximate surface area is 126 Å². The van der Waals surface area contributed by atoms with Crippen LogP contribution in [0.1, 0.15) is 50.5 Å². The van der Waals surface area contributed by atoms with Gasteiger partial charge in [-0.25, -0.2) is 0 Å². The number of nitrogens with two attached hydrogens (primary N) is 2. The van der Waals surface area contributed by atoms with Crippen LogP contribution in [0, 0.1) is 0 Å². The molecule has 0 fully saturated rings. The lowest BCUT2D eigenvalue weighted by Gasteiger charge is -2.18. The van der Waals surface area contributed by atoms with Gasteiger partial charge in [-0.2, -0.15) is 0 Å². The molecule has 2 nitrogen and oxygen atoms in total. The molecule has 1 atom stereocenters. The molecule has 0 amide bonds. The lowest BCUT2D eigenvalue weighted by molar-refractivity contribution is 0.556. The van der Waals surface area contributed by atoms with Crippen molar-refractivity contribution in [3.8, 4) is 0 Å². The Morgan fingerprint density at radius 3 is 2.42 bits per heavy atom. The molecule has 0 spiro atoms. The molecule has 0 heterocycles. The number of unbranched alkanes of at least 4 members (excludes halogenated alkanes) is 2. The number of benzene rings is 1. The minimum absolute atomic E-state index is 0.613. The summed E-state index contributed by atoms with van der Waals surface area (Å²) in [6, 6.07) is 10.8. The van der Waals surface area contributed by atoms with E-state index in [-0.39, 0.29) is 0 Å². The van der Waals surface area contributed by atoms with Gasteiger partial charge in [0.05, 0.1) is 0 Å². The lowest BCUT2D eigenvalue weighted by atomic mass is 9.91. The first kappa shape index (κ1) is 17.2. The van der Waals surface area contributed by atoms with E-state index in [1.807, 2.05) is 0 Å². The molecule has 0 aromatic heterocycles. The second-order valence-corrected chi connectivity index (χ2v) is 11.9. The van der Waals surface area contributed by atoms with E-state index in [0.29, 0.717) is 5.92 Å². The van der Waals surface area contributed by atoms with E-state index in [4.69, 9.17) is 22.8 Å². The van der Waals surface area contributed by atoms with Gasteiger partial charge < -0.3 is 0 Å². The van der Waals surface area contributed by atoms with Gasteiger partial charge in [-0.3, -0.25) is 11.0 Å². The van der Waals surface area contributed by atoms with Gasteiger partial charge in [0.15, 0.2) is 0 Å². The summed E-state index contributed by atoms with van der Waals surface area (Å²) in [5.74, 6) is 1.58. The fourth-order valence-corrected chi connectivity index (χ4v) is 4.70. The molecule has 0 aliphatic heterocycles. The van der Waals surface area contributed by atoms with Crippen LogP contribution in [0.4, 0.5) is 0 Å². The van der Waals surface area contributed by atoms with Gasteiger partial charge in [0.25, 0.3) is 0 Å². The fourth-order valence-electron chi connectivity index (χ4n) is 2.18. The van der Waals surface area contributed by atoms with Crippen LogP contribution in [0.25, 0.3) is 0 Å². The van der Waals surface area contributed by atoms with Crippen LogP contribution in [-0.2, 0) is 11.8 Å². The molecule has 1 aromatic rings. The smallest absolute Gasteiger partial charge is 0.122 e. The zero-order valence-corrected chi connectivity index (χ0v) is 14.2. The van der Waals surface area contributed by atoms with Gasteiger partial charge in [-0.05, 0) is 24.3 Å². The molecule has 19 heavy (non-hydrogen) atoms. The number of hydrogen-bond donors (Lipinski definition) is 2. The van der Waals surface area contributed by atoms with Gasteiger partial charge in [0, 0.05) is 5.75 Å². The van der Waals surface area contributed by atoms with Gasteiger partial charge in [0.2, 0.25) is 0 Å². The molecule has 1 rings (SSSR count). The topological polar surface area (TPSA) is 52.0 Å². The summed E-state index contributed by atoms with van der Waals surface area (Å²) in [4.78, 5) is 0. The third-order valence-electron chi connectivity index (χ3n) is 3.19. The van der Waals surface area contributed by atoms with Crippen molar-refractivity contribution in [1.82, 2.24) is 0 Å². The lowest BCUT2D eigenvalue weighted by Crippen LogP contribution is -2.04. The first-order valence-corrected chi connectivity index (χ1v) is 11.4. The van der Waals surface area contributed by atoms with Gasteiger partial charge in [0.1, 0.15) is 5.54 Å². The van der Waals surface area contributed by atoms with Crippen LogP contribution in [-0.4, -0.2) is 5.75 Å². The molecule has 1 aromatic carbocycles. The molecular formula is C14H25N2PS2. The van der Waals surface area contributed by atoms with E-state index < -0.39 is 5.54 Å². The molecule has 0 aliphatic rings. The molecule has 0 unspecified atom stereocenters. The summed E-state index contributed by atoms with van der Waals surface area (Å²) in [6.07, 6.45) is 6.23. The molecule has 0 aliphatic carbocycles. The predicted molar refractivity (Wildman–Crippen MR) is 93.1 cm³/mol. The maximum atomic E-state index is 5.75. The molecular weight excluding hydrogens is 291 g/mol. The van der Waals surface area contributed by atoms with E-state index >= 15 is 0 Å². The first-order valence-electron chi connectivity index (χ1n) is 6.89. The average Bonchev–Trinajstić information content (AvgIpc) is 2.37. The van der Waals surface area contributed by atoms with Crippen LogP contribution in [0.15, 0.2) is 30.3 Å². The summed E-state index contributed by atoms with van der Waals surface area (Å²) < 4.78 is 0. The first-order chi connectivity index (χ1) is 9.03. The Balaban J connectivity index is 2.52. The predicted octanol–water partition coefficient (Wildman–Crippen LogP) is 4.62. The Kier molecular flexibility index (Phi) is 8.27. The summed E-state index contributed by atoms with van der Waals surface area (Å²) in [5, 5.41) is 0. The maximum Gasteiger partial charge on any atom is 0.122 e. The van der Waals surface area contributed by atoms with Crippen LogP contribution < -0.4 is 11.0 Å². The fraction of sp³-hybridized carbons (Fsp3) is 0.571. The average molecular weight is 316 g/mol. The highest BCUT2D eigenvalue weighted by atomic mass is 32.9. The van der Waals surface area contributed by atoms with Crippen molar-refractivity contribution < 1.29 is 0 Å². The minimum Gasteiger partial charge on any atom is -0.283 e. The van der Waals surface area contributed by atoms with Gasteiger partial charge in [-0.15, -0.1) is 0 Å². The van der Waals surface area contributed by atoms with Crippen LogP contribution in [0.5, 0.6) is 0 Å². The van der Waals surface area contributed by atoms with Crippen LogP contribution in [0.3, 0.4) is 0 Å². The summed E-state index contributed by atoms with van der Waals surface area (Å²) in [6.45, 7) is 2.24. The van der Waals surface area contributed by atoms with E-state index in [0.717, 1.165) is 12.2 Å².